The van der Waals surface area contributed by atoms with Gasteiger partial charge < -0.3 is 10.5 Å². The topological polar surface area (TPSA) is 38.5 Å². The molecule has 19 heavy (non-hydrogen) atoms. The van der Waals surface area contributed by atoms with Gasteiger partial charge in [-0.3, -0.25) is 4.90 Å². The van der Waals surface area contributed by atoms with Crippen LogP contribution in [-0.4, -0.2) is 31.1 Å². The number of ether oxygens (including phenoxy) is 1. The van der Waals surface area contributed by atoms with E-state index >= 15 is 0 Å². The summed E-state index contributed by atoms with van der Waals surface area (Å²) in [5.41, 5.74) is 7.23. The van der Waals surface area contributed by atoms with Gasteiger partial charge in [-0.2, -0.15) is 0 Å². The fourth-order valence-corrected chi connectivity index (χ4v) is 2.12. The molecule has 0 saturated carbocycles. The van der Waals surface area contributed by atoms with Crippen molar-refractivity contribution in [3.8, 4) is 5.75 Å². The van der Waals surface area contributed by atoms with Crippen LogP contribution in [0.1, 0.15) is 33.3 Å². The molecule has 3 heteroatoms. The minimum atomic E-state index is 0.149. The van der Waals surface area contributed by atoms with Gasteiger partial charge in [-0.15, -0.1) is 0 Å². The minimum absolute atomic E-state index is 0.149. The molecule has 0 radical (unpaired) electrons. The molecule has 0 aromatic heterocycles. The van der Waals surface area contributed by atoms with Crippen molar-refractivity contribution < 1.29 is 4.74 Å². The summed E-state index contributed by atoms with van der Waals surface area (Å²) in [6.07, 6.45) is 0. The first-order valence-corrected chi connectivity index (χ1v) is 7.15. The van der Waals surface area contributed by atoms with Gasteiger partial charge >= 0.3 is 0 Å². The maximum absolute atomic E-state index is 5.83. The van der Waals surface area contributed by atoms with Crippen LogP contribution in [0.15, 0.2) is 24.3 Å². The average Bonchev–Trinajstić information content (AvgIpc) is 2.40. The van der Waals surface area contributed by atoms with Gasteiger partial charge in [0.15, 0.2) is 0 Å². The highest BCUT2D eigenvalue weighted by molar-refractivity contribution is 5.33. The maximum Gasteiger partial charge on any atom is 0.123 e. The van der Waals surface area contributed by atoms with Gasteiger partial charge in [-0.1, -0.05) is 39.0 Å². The van der Waals surface area contributed by atoms with Crippen LogP contribution in [0.5, 0.6) is 5.75 Å². The monoisotopic (exact) mass is 264 g/mol. The molecule has 2 N–H and O–H groups in total. The number of nitrogens with two attached hydrogens (primary N) is 1. The van der Waals surface area contributed by atoms with Crippen LogP contribution >= 0.6 is 0 Å². The fraction of sp³-hybridized carbons (Fsp3) is 0.625. The average molecular weight is 264 g/mol. The number of nitrogens with zero attached hydrogens (tertiary/aromatic N) is 1. The Morgan fingerprint density at radius 1 is 1.21 bits per heavy atom. The lowest BCUT2D eigenvalue weighted by Gasteiger charge is -2.31. The highest BCUT2D eigenvalue weighted by Crippen LogP contribution is 2.22. The van der Waals surface area contributed by atoms with E-state index in [1.54, 1.807) is 0 Å². The van der Waals surface area contributed by atoms with Crippen LogP contribution in [0.25, 0.3) is 0 Å². The quantitative estimate of drug-likeness (QED) is 0.784. The van der Waals surface area contributed by atoms with E-state index in [1.165, 1.54) is 5.56 Å². The van der Waals surface area contributed by atoms with Crippen LogP contribution in [0.4, 0.5) is 0 Å². The van der Waals surface area contributed by atoms with E-state index in [9.17, 15) is 0 Å². The van der Waals surface area contributed by atoms with Crippen molar-refractivity contribution in [2.24, 2.45) is 11.1 Å². The highest BCUT2D eigenvalue weighted by atomic mass is 16.5. The number of rotatable bonds is 8. The standard InChI is InChI=1S/C16H28N2O/c1-5-18(13-16(3,4)12-17)11-14-9-7-8-10-15(14)19-6-2/h7-10H,5-6,11-13,17H2,1-4H3. The van der Waals surface area contributed by atoms with Crippen molar-refractivity contribution in [3.63, 3.8) is 0 Å². The Labute approximate surface area is 117 Å². The third-order valence-electron chi connectivity index (χ3n) is 3.32. The van der Waals surface area contributed by atoms with E-state index in [1.807, 2.05) is 19.1 Å². The summed E-state index contributed by atoms with van der Waals surface area (Å²) >= 11 is 0. The fourth-order valence-electron chi connectivity index (χ4n) is 2.12. The summed E-state index contributed by atoms with van der Waals surface area (Å²) in [6.45, 7) is 13.0. The summed E-state index contributed by atoms with van der Waals surface area (Å²) in [7, 11) is 0. The summed E-state index contributed by atoms with van der Waals surface area (Å²) < 4.78 is 5.69. The second-order valence-corrected chi connectivity index (χ2v) is 5.71. The first kappa shape index (κ1) is 16.0. The number of hydrogen-bond donors (Lipinski definition) is 1. The Morgan fingerprint density at radius 2 is 1.89 bits per heavy atom. The molecule has 0 fully saturated rings. The third kappa shape index (κ3) is 5.21. The zero-order valence-electron chi connectivity index (χ0n) is 12.8. The molecule has 0 aliphatic rings. The molecule has 0 unspecified atom stereocenters. The van der Waals surface area contributed by atoms with Crippen LogP contribution in [0.2, 0.25) is 0 Å². The first-order valence-electron chi connectivity index (χ1n) is 7.15. The smallest absolute Gasteiger partial charge is 0.123 e. The summed E-state index contributed by atoms with van der Waals surface area (Å²) in [5.74, 6) is 0.994. The van der Waals surface area contributed by atoms with Gasteiger partial charge in [-0.05, 0) is 31.5 Å². The van der Waals surface area contributed by atoms with Crippen molar-refractivity contribution in [1.29, 1.82) is 0 Å². The summed E-state index contributed by atoms with van der Waals surface area (Å²) in [4.78, 5) is 2.42. The predicted octanol–water partition coefficient (Wildman–Crippen LogP) is 2.89. The van der Waals surface area contributed by atoms with E-state index in [0.717, 1.165) is 25.4 Å². The van der Waals surface area contributed by atoms with Gasteiger partial charge in [0, 0.05) is 18.7 Å². The van der Waals surface area contributed by atoms with Gasteiger partial charge in [0.25, 0.3) is 0 Å². The van der Waals surface area contributed by atoms with E-state index in [0.29, 0.717) is 13.2 Å². The molecule has 1 rings (SSSR count). The molecule has 3 nitrogen and oxygen atoms in total. The second-order valence-electron chi connectivity index (χ2n) is 5.71. The zero-order valence-corrected chi connectivity index (χ0v) is 12.8. The zero-order chi connectivity index (χ0) is 14.3. The van der Waals surface area contributed by atoms with E-state index < -0.39 is 0 Å². The van der Waals surface area contributed by atoms with Crippen molar-refractivity contribution in [3.05, 3.63) is 29.8 Å². The lowest BCUT2D eigenvalue weighted by molar-refractivity contribution is 0.181. The van der Waals surface area contributed by atoms with Crippen molar-refractivity contribution in [1.82, 2.24) is 4.90 Å². The third-order valence-corrected chi connectivity index (χ3v) is 3.32. The molecule has 1 aromatic rings. The molecular formula is C16H28N2O. The van der Waals surface area contributed by atoms with Gasteiger partial charge in [0.05, 0.1) is 6.61 Å². The Balaban J connectivity index is 2.75. The molecule has 108 valence electrons. The largest absolute Gasteiger partial charge is 0.494 e. The maximum atomic E-state index is 5.83. The first-order chi connectivity index (χ1) is 9.02. The minimum Gasteiger partial charge on any atom is -0.494 e. The van der Waals surface area contributed by atoms with E-state index in [-0.39, 0.29) is 5.41 Å². The van der Waals surface area contributed by atoms with Crippen LogP contribution < -0.4 is 10.5 Å². The molecule has 0 atom stereocenters. The highest BCUT2D eigenvalue weighted by Gasteiger charge is 2.20. The van der Waals surface area contributed by atoms with Crippen molar-refractivity contribution in [2.45, 2.75) is 34.2 Å². The van der Waals surface area contributed by atoms with E-state index in [4.69, 9.17) is 10.5 Å². The number of benzene rings is 1. The predicted molar refractivity (Wildman–Crippen MR) is 81.4 cm³/mol. The normalized spacial score (nSPS) is 11.9. The second kappa shape index (κ2) is 7.51. The van der Waals surface area contributed by atoms with Crippen molar-refractivity contribution in [2.75, 3.05) is 26.2 Å². The Morgan fingerprint density at radius 3 is 2.47 bits per heavy atom. The number of para-hydroxylation sites is 1. The molecule has 0 heterocycles. The summed E-state index contributed by atoms with van der Waals surface area (Å²) in [6, 6.07) is 8.28. The van der Waals surface area contributed by atoms with Gasteiger partial charge in [-0.25, -0.2) is 0 Å². The molecule has 0 bridgehead atoms. The SMILES string of the molecule is CCOc1ccccc1CN(CC)CC(C)(C)CN. The van der Waals surface area contributed by atoms with Gasteiger partial charge in [0.2, 0.25) is 0 Å². The van der Waals surface area contributed by atoms with Crippen LogP contribution in [0.3, 0.4) is 0 Å². The Bertz CT molecular complexity index is 377. The van der Waals surface area contributed by atoms with Crippen LogP contribution in [-0.2, 0) is 6.54 Å². The lowest BCUT2D eigenvalue weighted by Crippen LogP contribution is -2.38. The Hall–Kier alpha value is -1.06. The summed E-state index contributed by atoms with van der Waals surface area (Å²) in [5, 5.41) is 0. The molecule has 1 aromatic carbocycles. The van der Waals surface area contributed by atoms with Crippen molar-refractivity contribution >= 4 is 0 Å². The molecule has 0 saturated heterocycles. The van der Waals surface area contributed by atoms with Gasteiger partial charge in [0.1, 0.15) is 5.75 Å². The molecular weight excluding hydrogens is 236 g/mol. The molecule has 0 aliphatic carbocycles. The number of hydrogen-bond acceptors (Lipinski definition) is 3. The lowest BCUT2D eigenvalue weighted by atomic mass is 9.93. The molecule has 0 spiro atoms. The molecule has 0 aliphatic heterocycles. The Kier molecular flexibility index (Phi) is 6.32. The molecule has 0 amide bonds. The van der Waals surface area contributed by atoms with E-state index in [2.05, 4.69) is 37.8 Å². The van der Waals surface area contributed by atoms with Crippen LogP contribution in [0, 0.1) is 5.41 Å².